The fraction of sp³-hybridized carbons (Fsp3) is 0.367. The van der Waals surface area contributed by atoms with E-state index in [0.717, 1.165) is 44.0 Å². The van der Waals surface area contributed by atoms with Crippen molar-refractivity contribution in [2.24, 2.45) is 0 Å². The van der Waals surface area contributed by atoms with Gasteiger partial charge in [-0.3, -0.25) is 14.1 Å². The Morgan fingerprint density at radius 1 is 1.12 bits per heavy atom. The molecule has 0 bridgehead atoms. The number of nitrogens with zero attached hydrogens (tertiary/aromatic N) is 4. The number of pyridine rings is 1. The van der Waals surface area contributed by atoms with E-state index in [4.69, 9.17) is 15.5 Å². The maximum atomic E-state index is 15.4. The number of anilines is 2. The minimum absolute atomic E-state index is 0.0445. The van der Waals surface area contributed by atoms with E-state index in [1.54, 1.807) is 25.3 Å². The Morgan fingerprint density at radius 2 is 1.93 bits per heavy atom. The highest BCUT2D eigenvalue weighted by atomic mass is 32.2. The SMILES string of the molecule is Cc1ccc(S(=O)(=O)Nc2ccc(-c3nc(C(C)C)n4c(C5=CCC(NC6COC6)CC5)cnc(N)c34)cc2F)cn1. The standard InChI is InChI=1S/C30H34FN7O3S/c1-17(2)30-36-27(20-7-11-25(24(31)12-20)37-42(39,40)23-10-4-18(3)33-13-23)28-29(32)34-14-26(38(28)30)19-5-8-21(9-6-19)35-22-15-41-16-22/h4-5,7,10-14,17,21-22,35,37H,6,8-9,15-16H2,1-3H3,(H2,32,34). The lowest BCUT2D eigenvalue weighted by molar-refractivity contribution is -0.0103. The smallest absolute Gasteiger partial charge is 0.263 e. The summed E-state index contributed by atoms with van der Waals surface area (Å²) in [4.78, 5) is 13.4. The lowest BCUT2D eigenvalue weighted by atomic mass is 9.92. The van der Waals surface area contributed by atoms with E-state index in [9.17, 15) is 8.42 Å². The molecule has 4 N–H and O–H groups in total. The number of hydrogen-bond donors (Lipinski definition) is 3. The summed E-state index contributed by atoms with van der Waals surface area (Å²) in [6.45, 7) is 7.38. The third-order valence-electron chi connectivity index (χ3n) is 7.76. The van der Waals surface area contributed by atoms with Crippen LogP contribution in [0.25, 0.3) is 22.3 Å². The van der Waals surface area contributed by atoms with Gasteiger partial charge in [-0.05, 0) is 56.0 Å². The molecule has 3 aromatic heterocycles. The quantitative estimate of drug-likeness (QED) is 0.269. The van der Waals surface area contributed by atoms with Crippen molar-refractivity contribution in [3.05, 3.63) is 71.8 Å². The van der Waals surface area contributed by atoms with Crippen molar-refractivity contribution in [2.45, 2.75) is 62.9 Å². The Labute approximate surface area is 244 Å². The van der Waals surface area contributed by atoms with Gasteiger partial charge < -0.3 is 15.8 Å². The van der Waals surface area contributed by atoms with Crippen LogP contribution in [0.15, 0.2) is 53.7 Å². The minimum Gasteiger partial charge on any atom is -0.382 e. The second-order valence-electron chi connectivity index (χ2n) is 11.2. The van der Waals surface area contributed by atoms with Crippen LogP contribution in [-0.4, -0.2) is 53.1 Å². The number of aromatic nitrogens is 4. The summed E-state index contributed by atoms with van der Waals surface area (Å²) >= 11 is 0. The monoisotopic (exact) mass is 591 g/mol. The molecule has 4 aromatic rings. The number of rotatable bonds is 8. The molecule has 1 aliphatic heterocycles. The van der Waals surface area contributed by atoms with Crippen LogP contribution in [-0.2, 0) is 14.8 Å². The number of nitrogens with one attached hydrogen (secondary N) is 2. The first-order chi connectivity index (χ1) is 20.1. The summed E-state index contributed by atoms with van der Waals surface area (Å²) in [5.41, 5.74) is 10.6. The first kappa shape index (κ1) is 28.3. The van der Waals surface area contributed by atoms with Crippen LogP contribution < -0.4 is 15.8 Å². The van der Waals surface area contributed by atoms with E-state index in [1.165, 1.54) is 30.0 Å². The van der Waals surface area contributed by atoms with Crippen LogP contribution in [0.2, 0.25) is 0 Å². The van der Waals surface area contributed by atoms with E-state index >= 15 is 4.39 Å². The van der Waals surface area contributed by atoms with Crippen molar-refractivity contribution in [3.63, 3.8) is 0 Å². The molecule has 6 rings (SSSR count). The Hall–Kier alpha value is -3.87. The number of allylic oxidation sites excluding steroid dienone is 1. The minimum atomic E-state index is -4.02. The molecule has 10 nitrogen and oxygen atoms in total. The molecule has 0 radical (unpaired) electrons. The topological polar surface area (TPSA) is 137 Å². The van der Waals surface area contributed by atoms with Gasteiger partial charge in [0.2, 0.25) is 0 Å². The Morgan fingerprint density at radius 3 is 2.55 bits per heavy atom. The van der Waals surface area contributed by atoms with Gasteiger partial charge >= 0.3 is 0 Å². The number of fused-ring (bicyclic) bond motifs is 1. The first-order valence-corrected chi connectivity index (χ1v) is 15.5. The summed E-state index contributed by atoms with van der Waals surface area (Å²) in [6.07, 6.45) is 8.05. The number of nitrogen functional groups attached to an aromatic ring is 1. The molecule has 0 amide bonds. The van der Waals surface area contributed by atoms with Crippen molar-refractivity contribution < 1.29 is 17.5 Å². The molecule has 1 aliphatic carbocycles. The van der Waals surface area contributed by atoms with Crippen molar-refractivity contribution in [2.75, 3.05) is 23.7 Å². The average molecular weight is 592 g/mol. The van der Waals surface area contributed by atoms with Crippen LogP contribution in [0, 0.1) is 12.7 Å². The largest absolute Gasteiger partial charge is 0.382 e. The van der Waals surface area contributed by atoms with Gasteiger partial charge in [0.15, 0.2) is 0 Å². The number of ether oxygens (including phenoxy) is 1. The fourth-order valence-electron chi connectivity index (χ4n) is 5.43. The van der Waals surface area contributed by atoms with Crippen LogP contribution in [0.4, 0.5) is 15.9 Å². The first-order valence-electron chi connectivity index (χ1n) is 14.1. The zero-order valence-electron chi connectivity index (χ0n) is 23.8. The van der Waals surface area contributed by atoms with Gasteiger partial charge in [-0.25, -0.2) is 22.8 Å². The van der Waals surface area contributed by atoms with Gasteiger partial charge in [0.05, 0.1) is 36.8 Å². The maximum absolute atomic E-state index is 15.4. The molecule has 0 spiro atoms. The molecule has 42 heavy (non-hydrogen) atoms. The number of aryl methyl sites for hydroxylation is 1. The predicted octanol–water partition coefficient (Wildman–Crippen LogP) is 4.67. The fourth-order valence-corrected chi connectivity index (χ4v) is 6.44. The molecule has 1 saturated heterocycles. The van der Waals surface area contributed by atoms with Gasteiger partial charge in [-0.15, -0.1) is 0 Å². The number of benzene rings is 1. The highest BCUT2D eigenvalue weighted by Crippen LogP contribution is 2.36. The zero-order chi connectivity index (χ0) is 29.6. The van der Waals surface area contributed by atoms with Crippen LogP contribution in [0.1, 0.15) is 56.2 Å². The Bertz CT molecular complexity index is 1780. The number of halogens is 1. The van der Waals surface area contributed by atoms with Crippen molar-refractivity contribution in [3.8, 4) is 11.3 Å². The van der Waals surface area contributed by atoms with Crippen LogP contribution in [0.5, 0.6) is 0 Å². The maximum Gasteiger partial charge on any atom is 0.263 e. The summed E-state index contributed by atoms with van der Waals surface area (Å²) in [5, 5.41) is 3.66. The molecule has 1 unspecified atom stereocenters. The third-order valence-corrected chi connectivity index (χ3v) is 9.11. The average Bonchev–Trinajstić information content (AvgIpc) is 3.35. The number of hydrogen-bond acceptors (Lipinski definition) is 8. The lowest BCUT2D eigenvalue weighted by Gasteiger charge is -2.33. The summed E-state index contributed by atoms with van der Waals surface area (Å²) < 4.78 is 50.7. The molecule has 0 saturated carbocycles. The van der Waals surface area contributed by atoms with Gasteiger partial charge in [0.1, 0.15) is 33.6 Å². The van der Waals surface area contributed by atoms with Crippen LogP contribution in [0.3, 0.4) is 0 Å². The Kier molecular flexibility index (Phi) is 7.46. The van der Waals surface area contributed by atoms with Crippen molar-refractivity contribution >= 4 is 32.6 Å². The van der Waals surface area contributed by atoms with Crippen LogP contribution >= 0.6 is 0 Å². The zero-order valence-corrected chi connectivity index (χ0v) is 24.6. The summed E-state index contributed by atoms with van der Waals surface area (Å²) in [6, 6.07) is 8.14. The van der Waals surface area contributed by atoms with E-state index in [-0.39, 0.29) is 22.3 Å². The van der Waals surface area contributed by atoms with E-state index in [2.05, 4.69) is 26.1 Å². The molecular weight excluding hydrogens is 557 g/mol. The number of imidazole rings is 1. The third kappa shape index (κ3) is 5.37. The molecule has 1 atom stereocenters. The number of sulfonamides is 1. The van der Waals surface area contributed by atoms with Gasteiger partial charge in [-0.2, -0.15) is 0 Å². The molecule has 1 fully saturated rings. The lowest BCUT2D eigenvalue weighted by Crippen LogP contribution is -2.50. The molecular formula is C30H34FN7O3S. The highest BCUT2D eigenvalue weighted by Gasteiger charge is 2.27. The normalized spacial score (nSPS) is 17.8. The molecule has 1 aromatic carbocycles. The van der Waals surface area contributed by atoms with Gasteiger partial charge in [0.25, 0.3) is 10.0 Å². The summed E-state index contributed by atoms with van der Waals surface area (Å²) in [5.74, 6) is 0.375. The number of nitrogens with two attached hydrogens (primary N) is 1. The highest BCUT2D eigenvalue weighted by molar-refractivity contribution is 7.92. The predicted molar refractivity (Wildman–Crippen MR) is 160 cm³/mol. The van der Waals surface area contributed by atoms with Gasteiger partial charge in [-0.1, -0.05) is 26.0 Å². The van der Waals surface area contributed by atoms with E-state index in [1.807, 2.05) is 18.2 Å². The Balaban J connectivity index is 1.35. The summed E-state index contributed by atoms with van der Waals surface area (Å²) in [7, 11) is -4.02. The second-order valence-corrected chi connectivity index (χ2v) is 12.9. The molecule has 220 valence electrons. The van der Waals surface area contributed by atoms with Crippen molar-refractivity contribution in [1.82, 2.24) is 24.7 Å². The van der Waals surface area contributed by atoms with Gasteiger partial charge in [0, 0.05) is 29.4 Å². The molecule has 2 aliphatic rings. The molecule has 4 heterocycles. The second kappa shape index (κ2) is 11.1. The molecule has 12 heteroatoms. The van der Waals surface area contributed by atoms with E-state index in [0.29, 0.717) is 34.6 Å². The van der Waals surface area contributed by atoms with Crippen molar-refractivity contribution in [1.29, 1.82) is 0 Å². The van der Waals surface area contributed by atoms with E-state index < -0.39 is 15.8 Å².